The van der Waals surface area contributed by atoms with E-state index < -0.39 is 55.8 Å². The van der Waals surface area contributed by atoms with Gasteiger partial charge in [0.05, 0.1) is 0 Å². The Morgan fingerprint density at radius 3 is 0.808 bits per heavy atom. The summed E-state index contributed by atoms with van der Waals surface area (Å²) in [6.45, 7) is 0. The van der Waals surface area contributed by atoms with E-state index in [0.29, 0.717) is 0 Å². The predicted octanol–water partition coefficient (Wildman–Crippen LogP) is 2.58. The molecule has 0 radical (unpaired) electrons. The van der Waals surface area contributed by atoms with Crippen molar-refractivity contribution >= 4 is 20.2 Å². The molecule has 0 aromatic heterocycles. The summed E-state index contributed by atoms with van der Waals surface area (Å²) in [7, 11) is -14.9. The highest BCUT2D eigenvalue weighted by Gasteiger charge is 2.65. The van der Waals surface area contributed by atoms with E-state index >= 15 is 0 Å². The Labute approximate surface area is 134 Å². The maximum Gasteiger partial charge on any atom is 0.523 e. The first-order valence-electron chi connectivity index (χ1n) is 5.06. The van der Waals surface area contributed by atoms with Gasteiger partial charge in [-0.05, 0) is 0 Å². The fourth-order valence-corrected chi connectivity index (χ4v) is 2.12. The number of rotatable bonds is 5. The number of halogens is 12. The molecule has 0 N–H and O–H groups in total. The molecule has 0 spiro atoms. The van der Waals surface area contributed by atoms with Gasteiger partial charge in [-0.15, -0.1) is 0 Å². The summed E-state index contributed by atoms with van der Waals surface area (Å²) in [4.78, 5) is 0. The van der Waals surface area contributed by atoms with Gasteiger partial charge in [-0.3, -0.25) is 0 Å². The lowest BCUT2D eigenvalue weighted by atomic mass is 10.2. The standard InChI is InChI=1S/C6H2F12O6S2/c7-3(8,9)1(23-25(19,20)5(13,14)15)2(4(10,11)12)24-26(21,22)6(16,17)18/h1-2H. The van der Waals surface area contributed by atoms with Crippen molar-refractivity contribution in [2.75, 3.05) is 0 Å². The van der Waals surface area contributed by atoms with Gasteiger partial charge in [-0.1, -0.05) is 0 Å². The Kier molecular flexibility index (Phi) is 6.59. The highest BCUT2D eigenvalue weighted by molar-refractivity contribution is 7.88. The number of alkyl halides is 12. The van der Waals surface area contributed by atoms with Gasteiger partial charge >= 0.3 is 43.6 Å². The Bertz CT molecular complexity index is 632. The van der Waals surface area contributed by atoms with E-state index in [0.717, 1.165) is 0 Å². The summed E-state index contributed by atoms with van der Waals surface area (Å²) in [5.41, 5.74) is -13.5. The number of hydrogen-bond donors (Lipinski definition) is 0. The second-order valence-corrected chi connectivity index (χ2v) is 7.04. The van der Waals surface area contributed by atoms with Crippen molar-refractivity contribution < 1.29 is 77.9 Å². The molecule has 0 fully saturated rings. The predicted molar refractivity (Wildman–Crippen MR) is 51.8 cm³/mol. The van der Waals surface area contributed by atoms with Crippen LogP contribution in [0.4, 0.5) is 52.7 Å². The smallest absolute Gasteiger partial charge is 0.247 e. The van der Waals surface area contributed by atoms with Crippen LogP contribution in [0.2, 0.25) is 0 Å². The van der Waals surface area contributed by atoms with Crippen LogP contribution in [0.15, 0.2) is 0 Å². The molecule has 158 valence electrons. The molecule has 26 heavy (non-hydrogen) atoms. The Hall–Kier alpha value is -1.02. The maximum atomic E-state index is 12.5. The van der Waals surface area contributed by atoms with Crippen LogP contribution in [0, 0.1) is 0 Å². The molecule has 0 saturated carbocycles. The fourth-order valence-electron chi connectivity index (χ4n) is 0.935. The summed E-state index contributed by atoms with van der Waals surface area (Å²) >= 11 is 0. The zero-order chi connectivity index (χ0) is 21.6. The van der Waals surface area contributed by atoms with Crippen molar-refractivity contribution in [1.29, 1.82) is 0 Å². The highest BCUT2D eigenvalue weighted by atomic mass is 32.2. The van der Waals surface area contributed by atoms with Gasteiger partial charge in [-0.25, -0.2) is 8.37 Å². The molecular formula is C6H2F12O6S2. The lowest BCUT2D eigenvalue weighted by Crippen LogP contribution is -2.54. The van der Waals surface area contributed by atoms with Crippen molar-refractivity contribution in [3.63, 3.8) is 0 Å². The Morgan fingerprint density at radius 1 is 0.500 bits per heavy atom. The molecule has 0 rings (SSSR count). The van der Waals surface area contributed by atoms with Crippen LogP contribution in [0.25, 0.3) is 0 Å². The van der Waals surface area contributed by atoms with E-state index in [-0.39, 0.29) is 0 Å². The Morgan fingerprint density at radius 2 is 0.692 bits per heavy atom. The highest BCUT2D eigenvalue weighted by Crippen LogP contribution is 2.40. The molecule has 0 heterocycles. The second kappa shape index (κ2) is 6.86. The molecule has 6 nitrogen and oxygen atoms in total. The molecule has 0 amide bonds. The van der Waals surface area contributed by atoms with E-state index in [2.05, 4.69) is 8.37 Å². The quantitative estimate of drug-likeness (QED) is 0.355. The molecular weight excluding hydrogens is 460 g/mol. The molecule has 20 heteroatoms. The lowest BCUT2D eigenvalue weighted by Gasteiger charge is -2.29. The first-order valence-corrected chi connectivity index (χ1v) is 7.87. The van der Waals surface area contributed by atoms with Gasteiger partial charge in [0.15, 0.2) is 0 Å². The van der Waals surface area contributed by atoms with Crippen LogP contribution in [0.1, 0.15) is 0 Å². The minimum Gasteiger partial charge on any atom is -0.247 e. The normalized spacial score (nSPS) is 17.8. The van der Waals surface area contributed by atoms with Crippen molar-refractivity contribution in [2.24, 2.45) is 0 Å². The summed E-state index contributed by atoms with van der Waals surface area (Å²) in [5, 5.41) is 0. The molecule has 0 aliphatic rings. The van der Waals surface area contributed by atoms with Gasteiger partial charge in [0.1, 0.15) is 0 Å². The molecule has 0 aliphatic carbocycles. The molecule has 0 aliphatic heterocycles. The van der Waals surface area contributed by atoms with Crippen molar-refractivity contribution in [3.05, 3.63) is 0 Å². The van der Waals surface area contributed by atoms with Crippen molar-refractivity contribution in [3.8, 4) is 0 Å². The number of hydrogen-bond acceptors (Lipinski definition) is 6. The van der Waals surface area contributed by atoms with E-state index in [4.69, 9.17) is 0 Å². The molecule has 0 saturated heterocycles. The summed E-state index contributed by atoms with van der Waals surface area (Å²) in [5.74, 6) is 0. The SMILES string of the molecule is O=S(=O)(OC(C(OS(=O)(=O)C(F)(F)F)C(F)(F)F)C(F)(F)F)C(F)(F)F. The first kappa shape index (κ1) is 25.0. The monoisotopic (exact) mass is 462 g/mol. The van der Waals surface area contributed by atoms with Gasteiger partial charge in [0.2, 0.25) is 12.2 Å². The van der Waals surface area contributed by atoms with Crippen LogP contribution < -0.4 is 0 Å². The third-order valence-electron chi connectivity index (χ3n) is 1.95. The van der Waals surface area contributed by atoms with E-state index in [1.165, 1.54) is 0 Å². The summed E-state index contributed by atoms with van der Waals surface area (Å²) in [6.07, 6.45) is -24.2. The Balaban J connectivity index is 6.31. The van der Waals surface area contributed by atoms with E-state index in [9.17, 15) is 69.5 Å². The second-order valence-electron chi connectivity index (χ2n) is 3.92. The summed E-state index contributed by atoms with van der Waals surface area (Å²) < 4.78 is 193. The van der Waals surface area contributed by atoms with Gasteiger partial charge in [0, 0.05) is 0 Å². The van der Waals surface area contributed by atoms with Crippen LogP contribution >= 0.6 is 0 Å². The van der Waals surface area contributed by atoms with E-state index in [1.807, 2.05) is 0 Å². The molecule has 2 atom stereocenters. The molecule has 0 aromatic carbocycles. The average molecular weight is 462 g/mol. The average Bonchev–Trinajstić information content (AvgIpc) is 2.27. The summed E-state index contributed by atoms with van der Waals surface area (Å²) in [6, 6.07) is 0. The lowest BCUT2D eigenvalue weighted by molar-refractivity contribution is -0.281. The largest absolute Gasteiger partial charge is 0.523 e. The minimum atomic E-state index is -7.45. The minimum absolute atomic E-state index is 2.26. The first-order chi connectivity index (χ1) is 10.9. The topological polar surface area (TPSA) is 86.7 Å². The van der Waals surface area contributed by atoms with Gasteiger partial charge < -0.3 is 0 Å². The zero-order valence-electron chi connectivity index (χ0n) is 11.0. The van der Waals surface area contributed by atoms with Crippen LogP contribution in [0.5, 0.6) is 0 Å². The molecule has 2 unspecified atom stereocenters. The maximum absolute atomic E-state index is 12.5. The third-order valence-corrected chi connectivity index (χ3v) is 4.00. The van der Waals surface area contributed by atoms with E-state index in [1.54, 1.807) is 0 Å². The van der Waals surface area contributed by atoms with Crippen LogP contribution in [-0.2, 0) is 28.6 Å². The third kappa shape index (κ3) is 6.01. The van der Waals surface area contributed by atoms with Gasteiger partial charge in [0.25, 0.3) is 0 Å². The fraction of sp³-hybridized carbons (Fsp3) is 1.00. The van der Waals surface area contributed by atoms with Crippen molar-refractivity contribution in [1.82, 2.24) is 0 Å². The van der Waals surface area contributed by atoms with Gasteiger partial charge in [-0.2, -0.15) is 69.5 Å². The van der Waals surface area contributed by atoms with Crippen LogP contribution in [-0.4, -0.2) is 52.4 Å². The molecule has 0 bridgehead atoms. The molecule has 0 aromatic rings. The van der Waals surface area contributed by atoms with Crippen molar-refractivity contribution in [2.45, 2.75) is 35.6 Å². The zero-order valence-corrected chi connectivity index (χ0v) is 12.6. The van der Waals surface area contributed by atoms with Crippen LogP contribution in [0.3, 0.4) is 0 Å².